The lowest BCUT2D eigenvalue weighted by Crippen LogP contribution is -2.24. The normalized spacial score (nSPS) is 18.8. The smallest absolute Gasteiger partial charge is 0.238 e. The highest BCUT2D eigenvalue weighted by atomic mass is 32.2. The zero-order valence-electron chi connectivity index (χ0n) is 16.2. The van der Waals surface area contributed by atoms with Crippen molar-refractivity contribution in [2.45, 2.75) is 46.5 Å². The van der Waals surface area contributed by atoms with E-state index in [0.717, 1.165) is 64.1 Å². The highest BCUT2D eigenvalue weighted by molar-refractivity contribution is 8.12. The number of pyridine rings is 1. The van der Waals surface area contributed by atoms with Crippen LogP contribution in [0.15, 0.2) is 11.1 Å². The number of carbonyl (C=O) groups is 1. The molecule has 4 rings (SSSR count). The van der Waals surface area contributed by atoms with Crippen molar-refractivity contribution in [3.63, 3.8) is 0 Å². The molecule has 27 heavy (non-hydrogen) atoms. The fourth-order valence-corrected chi connectivity index (χ4v) is 6.14. The van der Waals surface area contributed by atoms with Crippen molar-refractivity contribution in [1.82, 2.24) is 14.2 Å². The maximum absolute atomic E-state index is 13.3. The zero-order valence-corrected chi connectivity index (χ0v) is 17.9. The van der Waals surface area contributed by atoms with Gasteiger partial charge in [-0.15, -0.1) is 0 Å². The third kappa shape index (κ3) is 3.91. The Bertz CT molecular complexity index is 893. The second kappa shape index (κ2) is 7.89. The monoisotopic (exact) mass is 402 g/mol. The molecule has 2 fully saturated rings. The average molecular weight is 403 g/mol. The van der Waals surface area contributed by atoms with Gasteiger partial charge in [-0.1, -0.05) is 11.3 Å². The number of rotatable bonds is 3. The summed E-state index contributed by atoms with van der Waals surface area (Å²) in [5, 5.41) is 1.90. The van der Waals surface area contributed by atoms with Crippen LogP contribution in [-0.4, -0.2) is 51.3 Å². The standard InChI is InChI=1S/C20H26N4OS2/c1-13-12-14(2)21-18-16(13)17(20(25)27-24-10-6-7-11-24)19(26-18)22-15(3)23-8-4-5-9-23/h12H,4-11H2,1-3H3/b22-15+. The largest absolute Gasteiger partial charge is 0.360 e. The van der Waals surface area contributed by atoms with Gasteiger partial charge in [-0.2, -0.15) is 0 Å². The lowest BCUT2D eigenvalue weighted by molar-refractivity contribution is 0.108. The Morgan fingerprint density at radius 3 is 2.52 bits per heavy atom. The molecular formula is C20H26N4OS2. The van der Waals surface area contributed by atoms with Crippen molar-refractivity contribution in [1.29, 1.82) is 0 Å². The van der Waals surface area contributed by atoms with Gasteiger partial charge in [0.25, 0.3) is 0 Å². The van der Waals surface area contributed by atoms with Crippen molar-refractivity contribution >= 4 is 49.5 Å². The summed E-state index contributed by atoms with van der Waals surface area (Å²) in [6.45, 7) is 10.2. The van der Waals surface area contributed by atoms with Crippen molar-refractivity contribution in [3.8, 4) is 0 Å². The summed E-state index contributed by atoms with van der Waals surface area (Å²) >= 11 is 2.90. The minimum atomic E-state index is 0.102. The van der Waals surface area contributed by atoms with E-state index in [-0.39, 0.29) is 5.12 Å². The van der Waals surface area contributed by atoms with E-state index in [1.54, 1.807) is 11.3 Å². The van der Waals surface area contributed by atoms with Crippen LogP contribution >= 0.6 is 23.3 Å². The van der Waals surface area contributed by atoms with Gasteiger partial charge in [-0.05, 0) is 58.1 Å². The molecule has 2 aromatic rings. The molecule has 2 saturated heterocycles. The molecule has 2 aliphatic heterocycles. The minimum absolute atomic E-state index is 0.102. The molecule has 0 atom stereocenters. The van der Waals surface area contributed by atoms with E-state index in [4.69, 9.17) is 9.98 Å². The highest BCUT2D eigenvalue weighted by Crippen LogP contribution is 2.41. The molecule has 0 unspecified atom stereocenters. The number of nitrogens with zero attached hydrogens (tertiary/aromatic N) is 4. The first-order valence-electron chi connectivity index (χ1n) is 9.71. The Morgan fingerprint density at radius 2 is 1.81 bits per heavy atom. The quantitative estimate of drug-likeness (QED) is 0.413. The van der Waals surface area contributed by atoms with Gasteiger partial charge in [-0.25, -0.2) is 14.3 Å². The first-order chi connectivity index (χ1) is 13.0. The molecule has 144 valence electrons. The molecule has 0 N–H and O–H groups in total. The molecule has 0 saturated carbocycles. The number of aryl methyl sites for hydroxylation is 2. The van der Waals surface area contributed by atoms with Crippen molar-refractivity contribution in [3.05, 3.63) is 22.9 Å². The molecule has 0 aliphatic carbocycles. The SMILES string of the molecule is C/C(=N\c1sc2nc(C)cc(C)c2c1C(=O)SN1CCCC1)N1CCCC1. The first kappa shape index (κ1) is 18.9. The van der Waals surface area contributed by atoms with E-state index in [2.05, 4.69) is 29.1 Å². The lowest BCUT2D eigenvalue weighted by Gasteiger charge is -2.16. The van der Waals surface area contributed by atoms with Crippen LogP contribution in [-0.2, 0) is 0 Å². The van der Waals surface area contributed by atoms with Gasteiger partial charge in [0.1, 0.15) is 15.7 Å². The van der Waals surface area contributed by atoms with E-state index in [9.17, 15) is 4.79 Å². The van der Waals surface area contributed by atoms with E-state index in [1.165, 1.54) is 37.6 Å². The predicted molar refractivity (Wildman–Crippen MR) is 115 cm³/mol. The van der Waals surface area contributed by atoms with Crippen LogP contribution in [0.25, 0.3) is 10.2 Å². The highest BCUT2D eigenvalue weighted by Gasteiger charge is 2.26. The van der Waals surface area contributed by atoms with Crippen LogP contribution in [0.5, 0.6) is 0 Å². The molecule has 0 radical (unpaired) electrons. The Morgan fingerprint density at radius 1 is 1.15 bits per heavy atom. The van der Waals surface area contributed by atoms with Crippen LogP contribution in [0.1, 0.15) is 54.2 Å². The average Bonchev–Trinajstić information content (AvgIpc) is 3.34. The first-order valence-corrected chi connectivity index (χ1v) is 11.3. The molecule has 0 bridgehead atoms. The zero-order chi connectivity index (χ0) is 19.0. The molecular weight excluding hydrogens is 376 g/mol. The van der Waals surface area contributed by atoms with Gasteiger partial charge in [0.05, 0.1) is 5.56 Å². The Labute approximate surface area is 169 Å². The number of hydrogen-bond acceptors (Lipinski definition) is 6. The minimum Gasteiger partial charge on any atom is -0.360 e. The predicted octanol–water partition coefficient (Wildman–Crippen LogP) is 4.94. The van der Waals surface area contributed by atoms with E-state index >= 15 is 0 Å². The van der Waals surface area contributed by atoms with Crippen LogP contribution < -0.4 is 0 Å². The fourth-order valence-electron chi connectivity index (χ4n) is 3.90. The lowest BCUT2D eigenvalue weighted by atomic mass is 10.1. The van der Waals surface area contributed by atoms with Gasteiger partial charge in [0.15, 0.2) is 0 Å². The van der Waals surface area contributed by atoms with Crippen molar-refractivity contribution < 1.29 is 4.79 Å². The second-order valence-electron chi connectivity index (χ2n) is 7.41. The van der Waals surface area contributed by atoms with E-state index in [0.29, 0.717) is 0 Å². The number of aromatic nitrogens is 1. The van der Waals surface area contributed by atoms with Crippen LogP contribution in [0.2, 0.25) is 0 Å². The topological polar surface area (TPSA) is 48.8 Å². The molecule has 7 heteroatoms. The van der Waals surface area contributed by atoms with Crippen LogP contribution in [0.4, 0.5) is 5.00 Å². The van der Waals surface area contributed by atoms with Gasteiger partial charge >= 0.3 is 0 Å². The molecule has 2 aromatic heterocycles. The molecule has 5 nitrogen and oxygen atoms in total. The summed E-state index contributed by atoms with van der Waals surface area (Å²) in [7, 11) is 0. The summed E-state index contributed by atoms with van der Waals surface area (Å²) in [5.74, 6) is 1.01. The number of thiophene rings is 1. The van der Waals surface area contributed by atoms with Gasteiger partial charge in [-0.3, -0.25) is 4.79 Å². The Hall–Kier alpha value is -1.44. The number of fused-ring (bicyclic) bond motifs is 1. The summed E-state index contributed by atoms with van der Waals surface area (Å²) in [4.78, 5) is 26.1. The molecule has 0 aromatic carbocycles. The van der Waals surface area contributed by atoms with Crippen LogP contribution in [0, 0.1) is 13.8 Å². The fraction of sp³-hybridized carbons (Fsp3) is 0.550. The van der Waals surface area contributed by atoms with E-state index in [1.807, 2.05) is 6.92 Å². The summed E-state index contributed by atoms with van der Waals surface area (Å²) in [6, 6.07) is 2.06. The Kier molecular flexibility index (Phi) is 5.53. The number of aliphatic imine (C=N–C) groups is 1. The molecule has 2 aliphatic rings. The van der Waals surface area contributed by atoms with Gasteiger partial charge < -0.3 is 4.90 Å². The van der Waals surface area contributed by atoms with Gasteiger partial charge in [0.2, 0.25) is 5.12 Å². The summed E-state index contributed by atoms with van der Waals surface area (Å²) < 4.78 is 2.18. The summed E-state index contributed by atoms with van der Waals surface area (Å²) in [6.07, 6.45) is 4.78. The third-order valence-electron chi connectivity index (χ3n) is 5.28. The number of hydrogen-bond donors (Lipinski definition) is 0. The third-order valence-corrected chi connectivity index (χ3v) is 7.25. The van der Waals surface area contributed by atoms with Crippen molar-refractivity contribution in [2.24, 2.45) is 4.99 Å². The maximum atomic E-state index is 13.3. The second-order valence-corrected chi connectivity index (χ2v) is 9.46. The molecule has 0 spiro atoms. The maximum Gasteiger partial charge on any atom is 0.238 e. The number of likely N-dealkylation sites (tertiary alicyclic amines) is 1. The van der Waals surface area contributed by atoms with Crippen molar-refractivity contribution in [2.75, 3.05) is 26.2 Å². The molecule has 4 heterocycles. The van der Waals surface area contributed by atoms with E-state index < -0.39 is 0 Å². The Balaban J connectivity index is 1.77. The van der Waals surface area contributed by atoms with Crippen LogP contribution in [0.3, 0.4) is 0 Å². The number of amidine groups is 1. The number of carbonyl (C=O) groups excluding carboxylic acids is 1. The summed E-state index contributed by atoms with van der Waals surface area (Å²) in [5.41, 5.74) is 2.84. The van der Waals surface area contributed by atoms with Gasteiger partial charge in [0, 0.05) is 49.2 Å². The molecule has 0 amide bonds.